The molecule has 1 amide bonds. The Labute approximate surface area is 120 Å². The van der Waals surface area contributed by atoms with E-state index in [1.165, 1.54) is 44.3 Å². The van der Waals surface area contributed by atoms with Gasteiger partial charge in [-0.1, -0.05) is 12.8 Å². The second kappa shape index (κ2) is 6.04. The third-order valence-electron chi connectivity index (χ3n) is 5.25. The monoisotopic (exact) mass is 282 g/mol. The Morgan fingerprint density at radius 2 is 2.00 bits per heavy atom. The molecule has 0 spiro atoms. The normalized spacial score (nSPS) is 38.8. The average molecular weight is 282 g/mol. The zero-order chi connectivity index (χ0) is 13.2. The van der Waals surface area contributed by atoms with E-state index in [1.807, 2.05) is 23.7 Å². The van der Waals surface area contributed by atoms with Gasteiger partial charge in [0.1, 0.15) is 0 Å². The molecule has 19 heavy (non-hydrogen) atoms. The third kappa shape index (κ3) is 2.94. The van der Waals surface area contributed by atoms with Crippen LogP contribution in [0.25, 0.3) is 0 Å². The SMILES string of the molecule is CN(C(=O)C1CCC2CCCCC2N1)C1CCSC1. The van der Waals surface area contributed by atoms with Crippen molar-refractivity contribution >= 4 is 17.7 Å². The van der Waals surface area contributed by atoms with E-state index >= 15 is 0 Å². The molecule has 2 heterocycles. The highest BCUT2D eigenvalue weighted by molar-refractivity contribution is 7.99. The van der Waals surface area contributed by atoms with E-state index in [-0.39, 0.29) is 6.04 Å². The topological polar surface area (TPSA) is 32.3 Å². The van der Waals surface area contributed by atoms with Crippen LogP contribution >= 0.6 is 11.8 Å². The smallest absolute Gasteiger partial charge is 0.239 e. The van der Waals surface area contributed by atoms with Crippen LogP contribution in [0.1, 0.15) is 44.9 Å². The molecule has 1 aliphatic carbocycles. The molecule has 3 aliphatic rings. The molecule has 0 radical (unpaired) electrons. The standard InChI is InChI=1S/C15H26N2OS/c1-17(12-8-9-19-10-12)15(18)14-7-6-11-4-2-3-5-13(11)16-14/h11-14,16H,2-10H2,1H3. The van der Waals surface area contributed by atoms with Gasteiger partial charge in [-0.3, -0.25) is 4.79 Å². The predicted molar refractivity (Wildman–Crippen MR) is 80.4 cm³/mol. The number of thioether (sulfide) groups is 1. The molecule has 3 rings (SSSR count). The maximum atomic E-state index is 12.6. The Balaban J connectivity index is 1.57. The molecule has 4 atom stereocenters. The van der Waals surface area contributed by atoms with E-state index in [9.17, 15) is 4.79 Å². The molecule has 4 unspecified atom stereocenters. The van der Waals surface area contributed by atoms with Gasteiger partial charge >= 0.3 is 0 Å². The Kier molecular flexibility index (Phi) is 4.37. The van der Waals surface area contributed by atoms with Crippen LogP contribution in [-0.2, 0) is 4.79 Å². The number of nitrogens with zero attached hydrogens (tertiary/aromatic N) is 1. The van der Waals surface area contributed by atoms with Crippen LogP contribution in [-0.4, -0.2) is 47.5 Å². The Morgan fingerprint density at radius 1 is 1.16 bits per heavy atom. The third-order valence-corrected chi connectivity index (χ3v) is 6.39. The molecule has 0 bridgehead atoms. The number of carbonyl (C=O) groups is 1. The van der Waals surface area contributed by atoms with Gasteiger partial charge < -0.3 is 10.2 Å². The van der Waals surface area contributed by atoms with E-state index in [1.54, 1.807) is 0 Å². The van der Waals surface area contributed by atoms with Crippen molar-refractivity contribution in [3.05, 3.63) is 0 Å². The molecule has 1 saturated carbocycles. The first-order valence-corrected chi connectivity index (χ1v) is 9.01. The zero-order valence-electron chi connectivity index (χ0n) is 11.9. The molecule has 2 aliphatic heterocycles. The van der Waals surface area contributed by atoms with Crippen LogP contribution in [0.5, 0.6) is 0 Å². The maximum Gasteiger partial charge on any atom is 0.239 e. The van der Waals surface area contributed by atoms with Crippen molar-refractivity contribution in [3.63, 3.8) is 0 Å². The Hall–Kier alpha value is -0.220. The lowest BCUT2D eigenvalue weighted by Crippen LogP contribution is -2.56. The molecule has 0 aromatic heterocycles. The summed E-state index contributed by atoms with van der Waals surface area (Å²) < 4.78 is 0. The molecule has 4 heteroatoms. The quantitative estimate of drug-likeness (QED) is 0.843. The highest BCUT2D eigenvalue weighted by Gasteiger charge is 2.36. The number of piperidine rings is 1. The van der Waals surface area contributed by atoms with E-state index in [4.69, 9.17) is 0 Å². The van der Waals surface area contributed by atoms with Gasteiger partial charge in [0.25, 0.3) is 0 Å². The average Bonchev–Trinajstić information content (AvgIpc) is 2.99. The van der Waals surface area contributed by atoms with Crippen molar-refractivity contribution in [1.82, 2.24) is 10.2 Å². The first kappa shape index (κ1) is 13.7. The Morgan fingerprint density at radius 3 is 2.79 bits per heavy atom. The molecule has 1 N–H and O–H groups in total. The summed E-state index contributed by atoms with van der Waals surface area (Å²) in [6.45, 7) is 0. The lowest BCUT2D eigenvalue weighted by Gasteiger charge is -2.41. The first-order valence-electron chi connectivity index (χ1n) is 7.86. The summed E-state index contributed by atoms with van der Waals surface area (Å²) in [5.74, 6) is 3.52. The number of fused-ring (bicyclic) bond motifs is 1. The van der Waals surface area contributed by atoms with Gasteiger partial charge in [0, 0.05) is 24.9 Å². The Bertz CT molecular complexity index is 330. The van der Waals surface area contributed by atoms with Gasteiger partial charge in [-0.05, 0) is 43.8 Å². The van der Waals surface area contributed by atoms with Crippen molar-refractivity contribution in [2.45, 2.75) is 63.1 Å². The van der Waals surface area contributed by atoms with Crippen molar-refractivity contribution in [1.29, 1.82) is 0 Å². The summed E-state index contributed by atoms with van der Waals surface area (Å²) in [7, 11) is 2.01. The van der Waals surface area contributed by atoms with E-state index < -0.39 is 0 Å². The van der Waals surface area contributed by atoms with Gasteiger partial charge in [0.2, 0.25) is 5.91 Å². The molecule has 3 fully saturated rings. The predicted octanol–water partition coefficient (Wildman–Crippen LogP) is 2.26. The molecule has 0 aromatic carbocycles. The summed E-state index contributed by atoms with van der Waals surface area (Å²) in [6, 6.07) is 1.18. The minimum atomic E-state index is 0.0925. The fourth-order valence-electron chi connectivity index (χ4n) is 3.94. The number of hydrogen-bond acceptors (Lipinski definition) is 3. The minimum absolute atomic E-state index is 0.0925. The number of carbonyl (C=O) groups excluding carboxylic acids is 1. The van der Waals surface area contributed by atoms with Crippen molar-refractivity contribution in [2.24, 2.45) is 5.92 Å². The number of nitrogens with one attached hydrogen (secondary N) is 1. The van der Waals surface area contributed by atoms with E-state index in [0.717, 1.165) is 18.1 Å². The van der Waals surface area contributed by atoms with Crippen LogP contribution in [0, 0.1) is 5.92 Å². The minimum Gasteiger partial charge on any atom is -0.341 e. The number of rotatable bonds is 2. The van der Waals surface area contributed by atoms with Gasteiger partial charge in [-0.15, -0.1) is 0 Å². The molecular formula is C15H26N2OS. The van der Waals surface area contributed by atoms with E-state index in [2.05, 4.69) is 5.32 Å². The maximum absolute atomic E-state index is 12.6. The number of likely N-dealkylation sites (N-methyl/N-ethyl adjacent to an activating group) is 1. The zero-order valence-corrected chi connectivity index (χ0v) is 12.8. The summed E-state index contributed by atoms with van der Waals surface area (Å²) in [5.41, 5.74) is 0. The largest absolute Gasteiger partial charge is 0.341 e. The lowest BCUT2D eigenvalue weighted by molar-refractivity contribution is -0.135. The second-order valence-electron chi connectivity index (χ2n) is 6.41. The summed E-state index contributed by atoms with van der Waals surface area (Å²) in [6.07, 6.45) is 8.84. The molecule has 108 valence electrons. The van der Waals surface area contributed by atoms with Crippen LogP contribution in [0.4, 0.5) is 0 Å². The summed E-state index contributed by atoms with van der Waals surface area (Å²) in [5, 5.41) is 3.66. The van der Waals surface area contributed by atoms with Gasteiger partial charge in [0.15, 0.2) is 0 Å². The lowest BCUT2D eigenvalue weighted by atomic mass is 9.77. The highest BCUT2D eigenvalue weighted by atomic mass is 32.2. The summed E-state index contributed by atoms with van der Waals surface area (Å²) >= 11 is 1.98. The van der Waals surface area contributed by atoms with Crippen molar-refractivity contribution < 1.29 is 4.79 Å². The van der Waals surface area contributed by atoms with Gasteiger partial charge in [0.05, 0.1) is 6.04 Å². The fraction of sp³-hybridized carbons (Fsp3) is 0.933. The molecule has 3 nitrogen and oxygen atoms in total. The molecule has 2 saturated heterocycles. The van der Waals surface area contributed by atoms with Crippen LogP contribution in [0.2, 0.25) is 0 Å². The highest BCUT2D eigenvalue weighted by Crippen LogP contribution is 2.33. The van der Waals surface area contributed by atoms with Crippen molar-refractivity contribution in [2.75, 3.05) is 18.6 Å². The van der Waals surface area contributed by atoms with Gasteiger partial charge in [-0.25, -0.2) is 0 Å². The number of hydrogen-bond donors (Lipinski definition) is 1. The van der Waals surface area contributed by atoms with Crippen LogP contribution in [0.15, 0.2) is 0 Å². The van der Waals surface area contributed by atoms with Crippen LogP contribution in [0.3, 0.4) is 0 Å². The number of amides is 1. The molecular weight excluding hydrogens is 256 g/mol. The molecule has 0 aromatic rings. The second-order valence-corrected chi connectivity index (χ2v) is 7.56. The van der Waals surface area contributed by atoms with Crippen molar-refractivity contribution in [3.8, 4) is 0 Å². The van der Waals surface area contributed by atoms with E-state index in [0.29, 0.717) is 18.0 Å². The fourth-order valence-corrected chi connectivity index (χ4v) is 5.21. The van der Waals surface area contributed by atoms with Crippen LogP contribution < -0.4 is 5.32 Å². The summed E-state index contributed by atoms with van der Waals surface area (Å²) in [4.78, 5) is 14.6. The van der Waals surface area contributed by atoms with Gasteiger partial charge in [-0.2, -0.15) is 11.8 Å². The first-order chi connectivity index (χ1) is 9.25.